The standard InChI is InChI=1S/C12H15N2O3PS/c1-2-17-18(15,16)11(10-6-4-3-5-7-10)14-12-13-8-9-19-12/h3-9,11H,2H2,1H3,(H,13,14)(H,15,16)/p-1. The first-order valence-electron chi connectivity index (χ1n) is 5.79. The third kappa shape index (κ3) is 3.64. The number of nitrogens with one attached hydrogen (secondary N) is 1. The smallest absolute Gasteiger partial charge is 0.183 e. The highest BCUT2D eigenvalue weighted by Gasteiger charge is 2.25. The van der Waals surface area contributed by atoms with Crippen molar-refractivity contribution in [2.45, 2.75) is 12.7 Å². The van der Waals surface area contributed by atoms with Gasteiger partial charge in [0.1, 0.15) is 5.78 Å². The molecule has 0 aliphatic rings. The van der Waals surface area contributed by atoms with Gasteiger partial charge in [0.25, 0.3) is 0 Å². The first-order valence-corrected chi connectivity index (χ1v) is 8.29. The second kappa shape index (κ2) is 6.30. The Kier molecular flexibility index (Phi) is 4.71. The van der Waals surface area contributed by atoms with E-state index in [0.717, 1.165) is 0 Å². The van der Waals surface area contributed by atoms with E-state index in [0.29, 0.717) is 10.7 Å². The van der Waals surface area contributed by atoms with E-state index in [1.54, 1.807) is 42.8 Å². The van der Waals surface area contributed by atoms with Crippen LogP contribution in [0, 0.1) is 0 Å². The lowest BCUT2D eigenvalue weighted by molar-refractivity contribution is -0.200. The minimum atomic E-state index is -4.06. The number of hydrogen-bond donors (Lipinski definition) is 1. The van der Waals surface area contributed by atoms with E-state index in [9.17, 15) is 9.46 Å². The van der Waals surface area contributed by atoms with Gasteiger partial charge in [-0.1, -0.05) is 30.3 Å². The van der Waals surface area contributed by atoms with Crippen molar-refractivity contribution in [2.75, 3.05) is 11.9 Å². The van der Waals surface area contributed by atoms with Crippen molar-refractivity contribution in [3.8, 4) is 0 Å². The van der Waals surface area contributed by atoms with E-state index in [-0.39, 0.29) is 6.61 Å². The Morgan fingerprint density at radius 1 is 1.47 bits per heavy atom. The Morgan fingerprint density at radius 2 is 2.21 bits per heavy atom. The van der Waals surface area contributed by atoms with Gasteiger partial charge in [0.15, 0.2) is 12.7 Å². The molecule has 0 aliphatic heterocycles. The van der Waals surface area contributed by atoms with E-state index < -0.39 is 13.4 Å². The molecule has 0 fully saturated rings. The fourth-order valence-corrected chi connectivity index (χ4v) is 3.62. The molecule has 0 radical (unpaired) electrons. The zero-order chi connectivity index (χ0) is 13.7. The molecule has 0 saturated carbocycles. The van der Waals surface area contributed by atoms with Crippen LogP contribution in [-0.4, -0.2) is 11.6 Å². The number of aromatic nitrogens is 1. The first-order chi connectivity index (χ1) is 9.13. The third-order valence-electron chi connectivity index (χ3n) is 2.43. The van der Waals surface area contributed by atoms with E-state index in [1.165, 1.54) is 11.3 Å². The summed E-state index contributed by atoms with van der Waals surface area (Å²) in [5.41, 5.74) is 0.629. The van der Waals surface area contributed by atoms with Crippen molar-refractivity contribution < 1.29 is 14.0 Å². The highest BCUT2D eigenvalue weighted by Crippen LogP contribution is 2.52. The quantitative estimate of drug-likeness (QED) is 0.830. The minimum absolute atomic E-state index is 0.115. The van der Waals surface area contributed by atoms with Gasteiger partial charge in [-0.05, 0) is 12.5 Å². The lowest BCUT2D eigenvalue weighted by Gasteiger charge is -2.32. The molecule has 19 heavy (non-hydrogen) atoms. The van der Waals surface area contributed by atoms with Gasteiger partial charge in [-0.25, -0.2) is 4.98 Å². The van der Waals surface area contributed by atoms with Gasteiger partial charge < -0.3 is 19.3 Å². The largest absolute Gasteiger partial charge is 0.777 e. The molecule has 2 aromatic rings. The molecule has 2 unspecified atom stereocenters. The van der Waals surface area contributed by atoms with Crippen LogP contribution in [0.1, 0.15) is 18.3 Å². The maximum atomic E-state index is 12.2. The second-order valence-electron chi connectivity index (χ2n) is 3.75. The Morgan fingerprint density at radius 3 is 2.79 bits per heavy atom. The Labute approximate surface area is 115 Å². The lowest BCUT2D eigenvalue weighted by atomic mass is 10.2. The van der Waals surface area contributed by atoms with Gasteiger partial charge in [-0.15, -0.1) is 11.3 Å². The monoisotopic (exact) mass is 297 g/mol. The Balaban J connectivity index is 2.31. The van der Waals surface area contributed by atoms with Gasteiger partial charge in [0, 0.05) is 11.6 Å². The van der Waals surface area contributed by atoms with Crippen LogP contribution in [0.2, 0.25) is 0 Å². The molecule has 0 aliphatic carbocycles. The highest BCUT2D eigenvalue weighted by atomic mass is 32.1. The van der Waals surface area contributed by atoms with Crippen LogP contribution in [0.25, 0.3) is 0 Å². The maximum Gasteiger partial charge on any atom is 0.183 e. The molecule has 7 heteroatoms. The first kappa shape index (κ1) is 14.2. The summed E-state index contributed by atoms with van der Waals surface area (Å²) in [5, 5.41) is 5.23. The average Bonchev–Trinajstić information content (AvgIpc) is 2.89. The predicted octanol–water partition coefficient (Wildman–Crippen LogP) is 2.84. The minimum Gasteiger partial charge on any atom is -0.777 e. The van der Waals surface area contributed by atoms with Crippen molar-refractivity contribution in [3.05, 3.63) is 47.5 Å². The number of thiazole rings is 1. The van der Waals surface area contributed by atoms with Crippen LogP contribution in [0.4, 0.5) is 5.13 Å². The summed E-state index contributed by atoms with van der Waals surface area (Å²) in [7, 11) is -4.06. The fraction of sp³-hybridized carbons (Fsp3) is 0.250. The summed E-state index contributed by atoms with van der Waals surface area (Å²) in [6.45, 7) is 1.76. The molecule has 0 amide bonds. The molecule has 2 atom stereocenters. The Bertz CT molecular complexity index is 547. The van der Waals surface area contributed by atoms with E-state index in [2.05, 4.69) is 10.3 Å². The Hall–Kier alpha value is -1.20. The summed E-state index contributed by atoms with van der Waals surface area (Å²) in [6, 6.07) is 8.90. The van der Waals surface area contributed by atoms with E-state index >= 15 is 0 Å². The summed E-state index contributed by atoms with van der Waals surface area (Å²) >= 11 is 1.34. The molecule has 1 heterocycles. The second-order valence-corrected chi connectivity index (χ2v) is 6.50. The molecule has 0 bridgehead atoms. The van der Waals surface area contributed by atoms with Gasteiger partial charge in [0.05, 0.1) is 6.61 Å². The number of anilines is 1. The van der Waals surface area contributed by atoms with Gasteiger partial charge in [0.2, 0.25) is 0 Å². The molecule has 102 valence electrons. The van der Waals surface area contributed by atoms with E-state index in [1.807, 2.05) is 6.07 Å². The van der Waals surface area contributed by atoms with Crippen molar-refractivity contribution in [3.63, 3.8) is 0 Å². The SMILES string of the molecule is CCOP(=O)([O-])C(Nc1nccs1)c1ccccc1. The van der Waals surface area contributed by atoms with Crippen LogP contribution < -0.4 is 10.2 Å². The van der Waals surface area contributed by atoms with Crippen molar-refractivity contribution in [2.24, 2.45) is 0 Å². The number of benzene rings is 1. The summed E-state index contributed by atoms with van der Waals surface area (Å²) < 4.78 is 17.1. The molecule has 0 spiro atoms. The molecule has 5 nitrogen and oxygen atoms in total. The third-order valence-corrected chi connectivity index (χ3v) is 4.82. The number of hydrogen-bond acceptors (Lipinski definition) is 6. The zero-order valence-corrected chi connectivity index (χ0v) is 12.1. The summed E-state index contributed by atoms with van der Waals surface area (Å²) in [6.07, 6.45) is 1.62. The number of rotatable bonds is 6. The van der Waals surface area contributed by atoms with Crippen LogP contribution in [0.15, 0.2) is 41.9 Å². The maximum absolute atomic E-state index is 12.2. The normalized spacial score (nSPS) is 15.7. The summed E-state index contributed by atoms with van der Waals surface area (Å²) in [4.78, 5) is 16.2. The molecule has 0 saturated heterocycles. The highest BCUT2D eigenvalue weighted by molar-refractivity contribution is 7.51. The lowest BCUT2D eigenvalue weighted by Crippen LogP contribution is -2.20. The van der Waals surface area contributed by atoms with Gasteiger partial charge in [-0.3, -0.25) is 0 Å². The molecule has 2 rings (SSSR count). The number of nitrogens with zero attached hydrogens (tertiary/aromatic N) is 1. The van der Waals surface area contributed by atoms with Crippen LogP contribution in [0.5, 0.6) is 0 Å². The average molecular weight is 297 g/mol. The topological polar surface area (TPSA) is 74.3 Å². The van der Waals surface area contributed by atoms with Gasteiger partial charge in [-0.2, -0.15) is 0 Å². The molecule has 1 aromatic carbocycles. The van der Waals surface area contributed by atoms with Crippen molar-refractivity contribution in [1.82, 2.24) is 4.98 Å². The van der Waals surface area contributed by atoms with Crippen molar-refractivity contribution >= 4 is 24.1 Å². The fourth-order valence-electron chi connectivity index (χ4n) is 1.65. The van der Waals surface area contributed by atoms with E-state index in [4.69, 9.17) is 4.52 Å². The van der Waals surface area contributed by atoms with Gasteiger partial charge >= 0.3 is 0 Å². The summed E-state index contributed by atoms with van der Waals surface area (Å²) in [5.74, 6) is -0.931. The van der Waals surface area contributed by atoms with Crippen LogP contribution in [0.3, 0.4) is 0 Å². The molecular formula is C12H14N2O3PS-. The zero-order valence-electron chi connectivity index (χ0n) is 10.4. The van der Waals surface area contributed by atoms with Crippen molar-refractivity contribution in [1.29, 1.82) is 0 Å². The molecule has 1 N–H and O–H groups in total. The van der Waals surface area contributed by atoms with Crippen LogP contribution >= 0.6 is 18.9 Å². The molecule has 1 aromatic heterocycles. The predicted molar refractivity (Wildman–Crippen MR) is 74.2 cm³/mol. The molecular weight excluding hydrogens is 283 g/mol. The van der Waals surface area contributed by atoms with Crippen LogP contribution in [-0.2, 0) is 9.09 Å².